The van der Waals surface area contributed by atoms with E-state index in [1.807, 2.05) is 66.1 Å². The predicted octanol–water partition coefficient (Wildman–Crippen LogP) is 5.02. The molecule has 4 heterocycles. The smallest absolute Gasteiger partial charge is 0.254 e. The number of morpholine rings is 1. The van der Waals surface area contributed by atoms with Gasteiger partial charge in [-0.2, -0.15) is 5.10 Å². The average Bonchev–Trinajstić information content (AvgIpc) is 3.40. The van der Waals surface area contributed by atoms with E-state index in [4.69, 9.17) is 14.8 Å². The first-order valence-corrected chi connectivity index (χ1v) is 11.7. The number of nitrogens with zero attached hydrogens (tertiary/aromatic N) is 4. The fourth-order valence-corrected chi connectivity index (χ4v) is 5.15. The molecule has 0 bridgehead atoms. The van der Waals surface area contributed by atoms with Crippen molar-refractivity contribution in [2.24, 2.45) is 0 Å². The van der Waals surface area contributed by atoms with Crippen LogP contribution in [0.1, 0.15) is 35.5 Å². The maximum Gasteiger partial charge on any atom is 0.254 e. The van der Waals surface area contributed by atoms with Crippen molar-refractivity contribution >= 4 is 28.3 Å². The lowest BCUT2D eigenvalue weighted by molar-refractivity contribution is -0.0585. The molecule has 7 heteroatoms. The van der Waals surface area contributed by atoms with Crippen molar-refractivity contribution in [3.63, 3.8) is 0 Å². The predicted molar refractivity (Wildman–Crippen MR) is 128 cm³/mol. The van der Waals surface area contributed by atoms with Crippen LogP contribution in [0, 0.1) is 13.8 Å². The second kappa shape index (κ2) is 8.15. The first-order chi connectivity index (χ1) is 15.4. The summed E-state index contributed by atoms with van der Waals surface area (Å²) in [4.78, 5) is 21.7. The number of fused-ring (bicyclic) bond motifs is 1. The maximum absolute atomic E-state index is 13.8. The van der Waals surface area contributed by atoms with Crippen LogP contribution in [0.5, 0.6) is 0 Å². The standard InChI is InChI=1S/C25H26N4O2S/c1-15-7-5-8-19(11-15)29-24-23(18(4)27-29)20(12-21(26-24)22-9-6-10-32-22)25(30)28-13-16(2)31-17(3)14-28/h5-12,16-17H,13-14H2,1-4H3/t16-,17-/m0/s1. The quantitative estimate of drug-likeness (QED) is 0.444. The molecule has 1 saturated heterocycles. The number of rotatable bonds is 3. The highest BCUT2D eigenvalue weighted by atomic mass is 32.1. The van der Waals surface area contributed by atoms with Gasteiger partial charge in [-0.05, 0) is 62.9 Å². The van der Waals surface area contributed by atoms with E-state index in [2.05, 4.69) is 19.1 Å². The third-order valence-corrected chi connectivity index (χ3v) is 6.66. The van der Waals surface area contributed by atoms with Crippen LogP contribution in [0.2, 0.25) is 0 Å². The maximum atomic E-state index is 13.8. The Labute approximate surface area is 191 Å². The summed E-state index contributed by atoms with van der Waals surface area (Å²) in [7, 11) is 0. The van der Waals surface area contributed by atoms with Gasteiger partial charge in [0.25, 0.3) is 5.91 Å². The number of thiophene rings is 1. The van der Waals surface area contributed by atoms with Crippen LogP contribution in [-0.4, -0.2) is 50.9 Å². The molecule has 3 aromatic heterocycles. The molecule has 32 heavy (non-hydrogen) atoms. The van der Waals surface area contributed by atoms with E-state index in [0.717, 1.165) is 32.9 Å². The fraction of sp³-hybridized carbons (Fsp3) is 0.320. The summed E-state index contributed by atoms with van der Waals surface area (Å²) in [6, 6.07) is 14.1. The molecule has 0 N–H and O–H groups in total. The lowest BCUT2D eigenvalue weighted by Crippen LogP contribution is -2.48. The van der Waals surface area contributed by atoms with Crippen molar-refractivity contribution in [3.05, 3.63) is 64.7 Å². The van der Waals surface area contributed by atoms with Gasteiger partial charge in [-0.3, -0.25) is 4.79 Å². The Hall–Kier alpha value is -3.03. The Bertz CT molecular complexity index is 1290. The number of ether oxygens (including phenoxy) is 1. The average molecular weight is 447 g/mol. The van der Waals surface area contributed by atoms with Crippen LogP contribution in [0.25, 0.3) is 27.3 Å². The Morgan fingerprint density at radius 2 is 1.88 bits per heavy atom. The molecule has 1 aliphatic rings. The molecular formula is C25H26N4O2S. The monoisotopic (exact) mass is 446 g/mol. The zero-order chi connectivity index (χ0) is 22.4. The van der Waals surface area contributed by atoms with Crippen LogP contribution in [0.15, 0.2) is 47.8 Å². The van der Waals surface area contributed by atoms with Gasteiger partial charge in [-0.1, -0.05) is 18.2 Å². The number of amides is 1. The minimum atomic E-state index is 0.00379. The van der Waals surface area contributed by atoms with Gasteiger partial charge >= 0.3 is 0 Å². The topological polar surface area (TPSA) is 60.2 Å². The molecule has 0 radical (unpaired) electrons. The van der Waals surface area contributed by atoms with Crippen molar-refractivity contribution in [1.29, 1.82) is 0 Å². The van der Waals surface area contributed by atoms with Gasteiger partial charge in [0.2, 0.25) is 0 Å². The number of carbonyl (C=O) groups is 1. The Morgan fingerprint density at radius 1 is 1.09 bits per heavy atom. The Morgan fingerprint density at radius 3 is 2.56 bits per heavy atom. The summed E-state index contributed by atoms with van der Waals surface area (Å²) in [6.07, 6.45) is 0.0146. The highest BCUT2D eigenvalue weighted by molar-refractivity contribution is 7.13. The number of carbonyl (C=O) groups excluding carboxylic acids is 1. The molecule has 0 spiro atoms. The highest BCUT2D eigenvalue weighted by Gasteiger charge is 2.29. The molecule has 1 fully saturated rings. The zero-order valence-corrected chi connectivity index (χ0v) is 19.5. The van der Waals surface area contributed by atoms with Crippen LogP contribution >= 0.6 is 11.3 Å². The number of aryl methyl sites for hydroxylation is 2. The first kappa shape index (κ1) is 20.8. The van der Waals surface area contributed by atoms with Crippen molar-refractivity contribution in [1.82, 2.24) is 19.7 Å². The summed E-state index contributed by atoms with van der Waals surface area (Å²) < 4.78 is 7.71. The van der Waals surface area contributed by atoms with Crippen LogP contribution in [0.4, 0.5) is 0 Å². The number of aromatic nitrogens is 3. The Balaban J connectivity index is 1.72. The summed E-state index contributed by atoms with van der Waals surface area (Å²) in [6.45, 7) is 9.18. The molecule has 0 unspecified atom stereocenters. The van der Waals surface area contributed by atoms with E-state index in [0.29, 0.717) is 24.3 Å². The van der Waals surface area contributed by atoms with E-state index < -0.39 is 0 Å². The summed E-state index contributed by atoms with van der Waals surface area (Å²) in [5, 5.41) is 7.64. The molecule has 1 aromatic carbocycles. The number of hydrogen-bond acceptors (Lipinski definition) is 5. The van der Waals surface area contributed by atoms with E-state index in [9.17, 15) is 4.79 Å². The van der Waals surface area contributed by atoms with E-state index in [-0.39, 0.29) is 18.1 Å². The fourth-order valence-electron chi connectivity index (χ4n) is 4.46. The minimum absolute atomic E-state index is 0.00379. The van der Waals surface area contributed by atoms with Gasteiger partial charge in [0, 0.05) is 13.1 Å². The molecule has 164 valence electrons. The van der Waals surface area contributed by atoms with Gasteiger partial charge < -0.3 is 9.64 Å². The summed E-state index contributed by atoms with van der Waals surface area (Å²) in [5.41, 5.74) is 5.02. The SMILES string of the molecule is Cc1cccc(-n2nc(C)c3c(C(=O)N4C[C@H](C)O[C@@H](C)C4)cc(-c4cccs4)nc32)c1. The van der Waals surface area contributed by atoms with Gasteiger partial charge in [-0.15, -0.1) is 11.3 Å². The molecule has 1 aliphatic heterocycles. The van der Waals surface area contributed by atoms with Crippen LogP contribution in [-0.2, 0) is 4.74 Å². The normalized spacial score (nSPS) is 18.9. The lowest BCUT2D eigenvalue weighted by Gasteiger charge is -2.35. The van der Waals surface area contributed by atoms with Gasteiger partial charge in [0.1, 0.15) is 0 Å². The minimum Gasteiger partial charge on any atom is -0.372 e. The van der Waals surface area contributed by atoms with Crippen molar-refractivity contribution in [3.8, 4) is 16.3 Å². The van der Waals surface area contributed by atoms with E-state index in [1.165, 1.54) is 0 Å². The third-order valence-electron chi connectivity index (χ3n) is 5.77. The highest BCUT2D eigenvalue weighted by Crippen LogP contribution is 2.32. The molecule has 1 amide bonds. The molecule has 4 aromatic rings. The first-order valence-electron chi connectivity index (χ1n) is 10.9. The summed E-state index contributed by atoms with van der Waals surface area (Å²) in [5.74, 6) is 0.00379. The van der Waals surface area contributed by atoms with Gasteiger partial charge in [0.15, 0.2) is 5.65 Å². The van der Waals surface area contributed by atoms with Gasteiger partial charge in [-0.25, -0.2) is 9.67 Å². The second-order valence-electron chi connectivity index (χ2n) is 8.53. The molecule has 5 rings (SSSR count). The molecule has 2 atom stereocenters. The lowest BCUT2D eigenvalue weighted by atomic mass is 10.1. The summed E-state index contributed by atoms with van der Waals surface area (Å²) >= 11 is 1.62. The van der Waals surface area contributed by atoms with Gasteiger partial charge in [0.05, 0.1) is 45.1 Å². The number of benzene rings is 1. The van der Waals surface area contributed by atoms with Crippen molar-refractivity contribution in [2.75, 3.05) is 13.1 Å². The molecule has 0 aliphatic carbocycles. The Kier molecular flexibility index (Phi) is 5.31. The second-order valence-corrected chi connectivity index (χ2v) is 9.48. The van der Waals surface area contributed by atoms with Crippen molar-refractivity contribution < 1.29 is 9.53 Å². The zero-order valence-electron chi connectivity index (χ0n) is 18.7. The third kappa shape index (κ3) is 3.72. The molecule has 6 nitrogen and oxygen atoms in total. The van der Waals surface area contributed by atoms with Crippen molar-refractivity contribution in [2.45, 2.75) is 39.9 Å². The number of hydrogen-bond donors (Lipinski definition) is 0. The largest absolute Gasteiger partial charge is 0.372 e. The molecule has 0 saturated carbocycles. The van der Waals surface area contributed by atoms with E-state index in [1.54, 1.807) is 11.3 Å². The van der Waals surface area contributed by atoms with Crippen LogP contribution in [0.3, 0.4) is 0 Å². The number of pyridine rings is 1. The van der Waals surface area contributed by atoms with Crippen LogP contribution < -0.4 is 0 Å². The van der Waals surface area contributed by atoms with E-state index >= 15 is 0 Å². The molecular weight excluding hydrogens is 420 g/mol.